The zero-order chi connectivity index (χ0) is 22.8. The van der Waals surface area contributed by atoms with Crippen LogP contribution in [0.1, 0.15) is 25.0 Å². The molecule has 31 heavy (non-hydrogen) atoms. The minimum Gasteiger partial charge on any atom is -0.497 e. The van der Waals surface area contributed by atoms with Crippen molar-refractivity contribution in [1.29, 1.82) is 0 Å². The smallest absolute Gasteiger partial charge is 0.244 e. The minimum absolute atomic E-state index is 0.225. The fraction of sp³-hybridized carbons (Fsp3) is 0.304. The molecular formula is C23H27ClN2O5. The first-order valence-corrected chi connectivity index (χ1v) is 10.1. The summed E-state index contributed by atoms with van der Waals surface area (Å²) >= 11 is 6.25. The van der Waals surface area contributed by atoms with Gasteiger partial charge in [0.1, 0.15) is 11.8 Å². The van der Waals surface area contributed by atoms with Gasteiger partial charge in [-0.2, -0.15) is 0 Å². The summed E-state index contributed by atoms with van der Waals surface area (Å²) in [4.78, 5) is 24.5. The average Bonchev–Trinajstić information content (AvgIpc) is 2.77. The number of ether oxygens (including phenoxy) is 3. The van der Waals surface area contributed by atoms with E-state index in [1.165, 1.54) is 13.2 Å². The highest BCUT2D eigenvalue weighted by Crippen LogP contribution is 2.36. The van der Waals surface area contributed by atoms with Crippen molar-refractivity contribution in [3.8, 4) is 17.2 Å². The monoisotopic (exact) mass is 446 g/mol. The maximum Gasteiger partial charge on any atom is 0.244 e. The Morgan fingerprint density at radius 3 is 2.45 bits per heavy atom. The summed E-state index contributed by atoms with van der Waals surface area (Å²) in [6.45, 7) is 4.14. The Kier molecular flexibility index (Phi) is 9.21. The van der Waals surface area contributed by atoms with Gasteiger partial charge in [-0.05, 0) is 55.3 Å². The zero-order valence-corrected chi connectivity index (χ0v) is 18.8. The lowest BCUT2D eigenvalue weighted by Gasteiger charge is -2.15. The van der Waals surface area contributed by atoms with Gasteiger partial charge in [0.25, 0.3) is 0 Å². The van der Waals surface area contributed by atoms with Crippen molar-refractivity contribution in [3.05, 3.63) is 58.6 Å². The Morgan fingerprint density at radius 1 is 1.13 bits per heavy atom. The number of rotatable bonds is 10. The normalized spacial score (nSPS) is 11.6. The molecule has 0 aliphatic carbocycles. The van der Waals surface area contributed by atoms with E-state index in [1.54, 1.807) is 44.4 Å². The van der Waals surface area contributed by atoms with Crippen molar-refractivity contribution in [3.63, 3.8) is 0 Å². The molecule has 1 atom stereocenters. The second-order valence-corrected chi connectivity index (χ2v) is 7.00. The molecule has 0 saturated heterocycles. The highest BCUT2D eigenvalue weighted by atomic mass is 35.5. The van der Waals surface area contributed by atoms with Crippen molar-refractivity contribution in [1.82, 2.24) is 10.6 Å². The Hall–Kier alpha value is -3.19. The van der Waals surface area contributed by atoms with Gasteiger partial charge in [0.2, 0.25) is 11.8 Å². The molecule has 0 radical (unpaired) electrons. The summed E-state index contributed by atoms with van der Waals surface area (Å²) < 4.78 is 15.9. The highest BCUT2D eigenvalue weighted by molar-refractivity contribution is 6.32. The molecule has 8 heteroatoms. The standard InChI is InChI=1S/C23H27ClN2O5/c1-5-31-22-19(24)12-17(13-20(22)30-4)14-25-23(28)15(2)26-21(27)11-8-16-6-9-18(29-3)10-7-16/h6-13,15H,5,14H2,1-4H3,(H,25,28)(H,26,27). The number of carbonyl (C=O) groups is 2. The zero-order valence-electron chi connectivity index (χ0n) is 18.0. The Bertz CT molecular complexity index is 928. The van der Waals surface area contributed by atoms with Crippen LogP contribution in [0, 0.1) is 0 Å². The van der Waals surface area contributed by atoms with Gasteiger partial charge in [0.15, 0.2) is 11.5 Å². The van der Waals surface area contributed by atoms with E-state index in [1.807, 2.05) is 19.1 Å². The highest BCUT2D eigenvalue weighted by Gasteiger charge is 2.16. The van der Waals surface area contributed by atoms with Gasteiger partial charge in [0.05, 0.1) is 25.8 Å². The first-order valence-electron chi connectivity index (χ1n) is 9.77. The third-order valence-electron chi connectivity index (χ3n) is 4.34. The van der Waals surface area contributed by atoms with Crippen LogP contribution in [-0.4, -0.2) is 38.7 Å². The number of halogens is 1. The fourth-order valence-electron chi connectivity index (χ4n) is 2.72. The van der Waals surface area contributed by atoms with Crippen LogP contribution in [-0.2, 0) is 16.1 Å². The third-order valence-corrected chi connectivity index (χ3v) is 4.62. The van der Waals surface area contributed by atoms with Gasteiger partial charge in [0, 0.05) is 12.6 Å². The molecule has 0 bridgehead atoms. The molecule has 0 aliphatic rings. The van der Waals surface area contributed by atoms with Crippen molar-refractivity contribution >= 4 is 29.5 Å². The topological polar surface area (TPSA) is 85.9 Å². The van der Waals surface area contributed by atoms with Crippen LogP contribution in [0.4, 0.5) is 0 Å². The summed E-state index contributed by atoms with van der Waals surface area (Å²) in [6, 6.07) is 10.00. The quantitative estimate of drug-likeness (QED) is 0.545. The van der Waals surface area contributed by atoms with Crippen molar-refractivity contribution < 1.29 is 23.8 Å². The predicted octanol–water partition coefficient (Wildman–Crippen LogP) is 3.59. The Morgan fingerprint density at radius 2 is 1.84 bits per heavy atom. The molecule has 2 amide bonds. The summed E-state index contributed by atoms with van der Waals surface area (Å²) in [7, 11) is 3.11. The number of carbonyl (C=O) groups excluding carboxylic acids is 2. The van der Waals surface area contributed by atoms with E-state index in [0.717, 1.165) is 16.9 Å². The van der Waals surface area contributed by atoms with E-state index < -0.39 is 6.04 Å². The van der Waals surface area contributed by atoms with Crippen molar-refractivity contribution in [2.45, 2.75) is 26.4 Å². The Balaban J connectivity index is 1.89. The van der Waals surface area contributed by atoms with Crippen LogP contribution in [0.25, 0.3) is 6.08 Å². The van der Waals surface area contributed by atoms with Crippen molar-refractivity contribution in [2.24, 2.45) is 0 Å². The summed E-state index contributed by atoms with van der Waals surface area (Å²) in [5.41, 5.74) is 1.59. The van der Waals surface area contributed by atoms with E-state index in [9.17, 15) is 9.59 Å². The number of amides is 2. The summed E-state index contributed by atoms with van der Waals surface area (Å²) in [5, 5.41) is 5.81. The summed E-state index contributed by atoms with van der Waals surface area (Å²) in [5.74, 6) is 0.993. The molecule has 0 aliphatic heterocycles. The molecular weight excluding hydrogens is 420 g/mol. The van der Waals surface area contributed by atoms with Crippen LogP contribution in [0.2, 0.25) is 5.02 Å². The lowest BCUT2D eigenvalue weighted by molar-refractivity contribution is -0.126. The van der Waals surface area contributed by atoms with E-state index in [4.69, 9.17) is 25.8 Å². The van der Waals surface area contributed by atoms with Crippen LogP contribution in [0.15, 0.2) is 42.5 Å². The van der Waals surface area contributed by atoms with E-state index >= 15 is 0 Å². The molecule has 2 rings (SSSR count). The molecule has 0 saturated carbocycles. The van der Waals surface area contributed by atoms with Crippen LogP contribution in [0.3, 0.4) is 0 Å². The molecule has 2 aromatic rings. The lowest BCUT2D eigenvalue weighted by Crippen LogP contribution is -2.44. The molecule has 0 fully saturated rings. The van der Waals surface area contributed by atoms with Crippen LogP contribution in [0.5, 0.6) is 17.2 Å². The second kappa shape index (κ2) is 11.9. The van der Waals surface area contributed by atoms with Crippen LogP contribution < -0.4 is 24.8 Å². The Labute approximate surface area is 187 Å². The van der Waals surface area contributed by atoms with Gasteiger partial charge < -0.3 is 24.8 Å². The number of benzene rings is 2. The number of hydrogen-bond acceptors (Lipinski definition) is 5. The largest absolute Gasteiger partial charge is 0.497 e. The maximum absolute atomic E-state index is 12.4. The number of nitrogens with one attached hydrogen (secondary N) is 2. The lowest BCUT2D eigenvalue weighted by atomic mass is 10.2. The average molecular weight is 447 g/mol. The fourth-order valence-corrected chi connectivity index (χ4v) is 3.00. The van der Waals surface area contributed by atoms with E-state index in [2.05, 4.69) is 10.6 Å². The van der Waals surface area contributed by atoms with Gasteiger partial charge in [-0.1, -0.05) is 23.7 Å². The van der Waals surface area contributed by atoms with Gasteiger partial charge >= 0.3 is 0 Å². The predicted molar refractivity (Wildman–Crippen MR) is 121 cm³/mol. The van der Waals surface area contributed by atoms with Crippen LogP contribution >= 0.6 is 11.6 Å². The number of hydrogen-bond donors (Lipinski definition) is 2. The second-order valence-electron chi connectivity index (χ2n) is 6.60. The molecule has 0 heterocycles. The SMILES string of the molecule is CCOc1c(Cl)cc(CNC(=O)C(C)NC(=O)C=Cc2ccc(OC)cc2)cc1OC. The van der Waals surface area contributed by atoms with E-state index in [-0.39, 0.29) is 18.4 Å². The maximum atomic E-state index is 12.4. The molecule has 2 aromatic carbocycles. The van der Waals surface area contributed by atoms with E-state index in [0.29, 0.717) is 23.1 Å². The molecule has 1 unspecified atom stereocenters. The molecule has 7 nitrogen and oxygen atoms in total. The number of methoxy groups -OCH3 is 2. The third kappa shape index (κ3) is 7.22. The minimum atomic E-state index is -0.715. The molecule has 2 N–H and O–H groups in total. The first kappa shape index (κ1) is 24.1. The molecule has 0 aromatic heterocycles. The molecule has 0 spiro atoms. The van der Waals surface area contributed by atoms with Crippen molar-refractivity contribution in [2.75, 3.05) is 20.8 Å². The summed E-state index contributed by atoms with van der Waals surface area (Å²) in [6.07, 6.45) is 3.04. The van der Waals surface area contributed by atoms with Gasteiger partial charge in [-0.15, -0.1) is 0 Å². The first-order chi connectivity index (χ1) is 14.9. The van der Waals surface area contributed by atoms with Gasteiger partial charge in [-0.3, -0.25) is 9.59 Å². The molecule has 166 valence electrons. The van der Waals surface area contributed by atoms with Gasteiger partial charge in [-0.25, -0.2) is 0 Å².